The van der Waals surface area contributed by atoms with Crippen molar-refractivity contribution in [3.8, 4) is 22.6 Å². The van der Waals surface area contributed by atoms with Crippen LogP contribution >= 0.6 is 0 Å². The third-order valence-electron chi connectivity index (χ3n) is 5.18. The van der Waals surface area contributed by atoms with E-state index < -0.39 is 5.63 Å². The minimum absolute atomic E-state index is 0.318. The molecule has 0 fully saturated rings. The van der Waals surface area contributed by atoms with E-state index in [-0.39, 0.29) is 5.82 Å². The molecule has 0 aliphatic heterocycles. The molecule has 0 radical (unpaired) electrons. The fourth-order valence-electron chi connectivity index (χ4n) is 3.44. The molecule has 3 aromatic carbocycles. The molecule has 1 N–H and O–H groups in total. The summed E-state index contributed by atoms with van der Waals surface area (Å²) in [5, 5.41) is 4.05. The zero-order valence-corrected chi connectivity index (χ0v) is 18.7. The van der Waals surface area contributed by atoms with Crippen molar-refractivity contribution in [1.29, 1.82) is 0 Å². The molecule has 0 atom stereocenters. The zero-order valence-electron chi connectivity index (χ0n) is 18.7. The predicted molar refractivity (Wildman–Crippen MR) is 128 cm³/mol. The van der Waals surface area contributed by atoms with Crippen molar-refractivity contribution >= 4 is 22.3 Å². The van der Waals surface area contributed by atoms with Gasteiger partial charge in [0, 0.05) is 23.7 Å². The van der Waals surface area contributed by atoms with Gasteiger partial charge in [-0.2, -0.15) is 0 Å². The van der Waals surface area contributed by atoms with Crippen LogP contribution in [0, 0.1) is 5.82 Å². The van der Waals surface area contributed by atoms with Gasteiger partial charge in [-0.25, -0.2) is 9.18 Å². The lowest BCUT2D eigenvalue weighted by molar-refractivity contribution is 0.261. The summed E-state index contributed by atoms with van der Waals surface area (Å²) in [5.74, 6) is 0.946. The quantitative estimate of drug-likeness (QED) is 0.370. The highest BCUT2D eigenvalue weighted by Crippen LogP contribution is 2.36. The van der Waals surface area contributed by atoms with Crippen molar-refractivity contribution in [1.82, 2.24) is 4.90 Å². The smallest absolute Gasteiger partial charge is 0.346 e. The average Bonchev–Trinajstić information content (AvgIpc) is 2.80. The Morgan fingerprint density at radius 2 is 1.67 bits per heavy atom. The van der Waals surface area contributed by atoms with E-state index in [1.807, 2.05) is 49.3 Å². The number of halogens is 1. The van der Waals surface area contributed by atoms with E-state index in [2.05, 4.69) is 5.32 Å². The largest absolute Gasteiger partial charge is 0.497 e. The molecule has 4 aromatic rings. The van der Waals surface area contributed by atoms with Crippen molar-refractivity contribution in [2.45, 2.75) is 0 Å². The number of anilines is 2. The molecule has 170 valence electrons. The number of nitrogens with zero attached hydrogens (tertiary/aromatic N) is 1. The number of hydrogen-bond donors (Lipinski definition) is 1. The third-order valence-corrected chi connectivity index (χ3v) is 5.18. The normalized spacial score (nSPS) is 11.1. The van der Waals surface area contributed by atoms with Gasteiger partial charge in [-0.05, 0) is 68.2 Å². The van der Waals surface area contributed by atoms with Crippen molar-refractivity contribution in [3.63, 3.8) is 0 Å². The number of likely N-dealkylation sites (N-methyl/N-ethyl adjacent to an activating group) is 1. The van der Waals surface area contributed by atoms with Crippen LogP contribution in [-0.4, -0.2) is 39.3 Å². The van der Waals surface area contributed by atoms with Gasteiger partial charge in [0.1, 0.15) is 29.5 Å². The molecule has 0 spiro atoms. The minimum Gasteiger partial charge on any atom is -0.497 e. The van der Waals surface area contributed by atoms with Crippen molar-refractivity contribution in [2.75, 3.05) is 39.7 Å². The first kappa shape index (κ1) is 22.4. The van der Waals surface area contributed by atoms with E-state index in [0.29, 0.717) is 40.1 Å². The number of rotatable bonds is 8. The molecule has 7 heteroatoms. The molecule has 0 aliphatic rings. The van der Waals surface area contributed by atoms with Crippen LogP contribution in [0.15, 0.2) is 75.9 Å². The summed E-state index contributed by atoms with van der Waals surface area (Å²) in [6.07, 6.45) is 0. The average molecular weight is 448 g/mol. The van der Waals surface area contributed by atoms with Crippen LogP contribution in [0.5, 0.6) is 11.5 Å². The van der Waals surface area contributed by atoms with E-state index >= 15 is 0 Å². The first-order valence-corrected chi connectivity index (χ1v) is 10.5. The number of hydrogen-bond acceptors (Lipinski definition) is 6. The fraction of sp³-hybridized carbons (Fsp3) is 0.192. The Kier molecular flexibility index (Phi) is 6.60. The summed E-state index contributed by atoms with van der Waals surface area (Å²) in [5.41, 5.74) is 2.05. The molecule has 0 saturated carbocycles. The lowest BCUT2D eigenvalue weighted by Gasteiger charge is -2.15. The zero-order chi connectivity index (χ0) is 23.4. The summed E-state index contributed by atoms with van der Waals surface area (Å²) in [6.45, 7) is 1.40. The van der Waals surface area contributed by atoms with E-state index in [4.69, 9.17) is 13.9 Å². The first-order valence-electron chi connectivity index (χ1n) is 10.5. The summed E-state index contributed by atoms with van der Waals surface area (Å²) in [6, 6.07) is 18.5. The molecule has 0 bridgehead atoms. The van der Waals surface area contributed by atoms with Crippen LogP contribution < -0.4 is 20.4 Å². The van der Waals surface area contributed by atoms with Crippen LogP contribution in [0.2, 0.25) is 0 Å². The molecule has 0 aliphatic carbocycles. The van der Waals surface area contributed by atoms with Gasteiger partial charge in [0.15, 0.2) is 0 Å². The first-order chi connectivity index (χ1) is 15.9. The highest BCUT2D eigenvalue weighted by molar-refractivity contribution is 6.00. The van der Waals surface area contributed by atoms with E-state index in [9.17, 15) is 9.18 Å². The maximum atomic E-state index is 13.5. The second-order valence-electron chi connectivity index (χ2n) is 7.81. The van der Waals surface area contributed by atoms with Gasteiger partial charge in [-0.3, -0.25) is 0 Å². The highest BCUT2D eigenvalue weighted by Gasteiger charge is 2.18. The third kappa shape index (κ3) is 5.15. The van der Waals surface area contributed by atoms with Crippen LogP contribution in [0.3, 0.4) is 0 Å². The summed E-state index contributed by atoms with van der Waals surface area (Å²) < 4.78 is 30.1. The summed E-state index contributed by atoms with van der Waals surface area (Å²) in [4.78, 5) is 15.0. The number of nitrogens with one attached hydrogen (secondary N) is 1. The Bertz CT molecular complexity index is 1300. The van der Waals surface area contributed by atoms with Crippen LogP contribution in [0.1, 0.15) is 0 Å². The van der Waals surface area contributed by atoms with Gasteiger partial charge in [0.05, 0.1) is 18.4 Å². The fourth-order valence-corrected chi connectivity index (χ4v) is 3.44. The Morgan fingerprint density at radius 3 is 2.33 bits per heavy atom. The Balaban J connectivity index is 1.75. The molecular formula is C26H25FN2O4. The van der Waals surface area contributed by atoms with Crippen molar-refractivity contribution in [3.05, 3.63) is 83.0 Å². The van der Waals surface area contributed by atoms with Gasteiger partial charge < -0.3 is 24.1 Å². The number of methoxy groups -OCH3 is 1. The minimum atomic E-state index is -0.534. The summed E-state index contributed by atoms with van der Waals surface area (Å²) in [7, 11) is 5.53. The van der Waals surface area contributed by atoms with Gasteiger partial charge in [0.2, 0.25) is 0 Å². The van der Waals surface area contributed by atoms with Crippen molar-refractivity contribution in [2.24, 2.45) is 0 Å². The predicted octanol–water partition coefficient (Wildman–Crippen LogP) is 5.29. The lowest BCUT2D eigenvalue weighted by atomic mass is 10.0. The molecule has 6 nitrogen and oxygen atoms in total. The second kappa shape index (κ2) is 9.75. The monoisotopic (exact) mass is 448 g/mol. The maximum absolute atomic E-state index is 13.5. The SMILES string of the molecule is COc1ccc2c(Nc3ccc(OCCN(C)C)cc3)c(-c3ccc(F)cc3)c(=O)oc2c1. The second-order valence-corrected chi connectivity index (χ2v) is 7.81. The van der Waals surface area contributed by atoms with Gasteiger partial charge in [-0.15, -0.1) is 0 Å². The Morgan fingerprint density at radius 1 is 0.970 bits per heavy atom. The molecule has 1 aromatic heterocycles. The van der Waals surface area contributed by atoms with Crippen LogP contribution in [-0.2, 0) is 0 Å². The molecular weight excluding hydrogens is 423 g/mol. The van der Waals surface area contributed by atoms with E-state index in [0.717, 1.165) is 18.0 Å². The van der Waals surface area contributed by atoms with Gasteiger partial charge >= 0.3 is 5.63 Å². The number of benzene rings is 3. The number of ether oxygens (including phenoxy) is 2. The van der Waals surface area contributed by atoms with Gasteiger partial charge in [-0.1, -0.05) is 12.1 Å². The molecule has 0 amide bonds. The Hall–Kier alpha value is -3.84. The standard InChI is InChI=1S/C26H25FN2O4/c1-29(2)14-15-32-20-10-8-19(9-11-20)28-25-22-13-12-21(31-3)16-23(22)33-26(30)24(25)17-4-6-18(27)7-5-17/h4-13,16,28H,14-15H2,1-3H3. The molecule has 0 unspecified atom stereocenters. The van der Waals surface area contributed by atoms with Crippen LogP contribution in [0.25, 0.3) is 22.1 Å². The van der Waals surface area contributed by atoms with E-state index in [1.54, 1.807) is 31.4 Å². The van der Waals surface area contributed by atoms with Gasteiger partial charge in [0.25, 0.3) is 0 Å². The number of fused-ring (bicyclic) bond motifs is 1. The molecule has 4 rings (SSSR count). The van der Waals surface area contributed by atoms with Crippen LogP contribution in [0.4, 0.5) is 15.8 Å². The molecule has 33 heavy (non-hydrogen) atoms. The lowest BCUT2D eigenvalue weighted by Crippen LogP contribution is -2.19. The topological polar surface area (TPSA) is 63.9 Å². The maximum Gasteiger partial charge on any atom is 0.346 e. The van der Waals surface area contributed by atoms with E-state index in [1.165, 1.54) is 12.1 Å². The molecule has 1 heterocycles. The highest BCUT2D eigenvalue weighted by atomic mass is 19.1. The molecule has 0 saturated heterocycles. The van der Waals surface area contributed by atoms with Crippen molar-refractivity contribution < 1.29 is 18.3 Å². The Labute approximate surface area is 191 Å². The summed E-state index contributed by atoms with van der Waals surface area (Å²) >= 11 is 0.